The highest BCUT2D eigenvalue weighted by Gasteiger charge is 2.19. The molecule has 0 unspecified atom stereocenters. The molecule has 2 nitrogen and oxygen atoms in total. The second-order valence-corrected chi connectivity index (χ2v) is 4.94. The summed E-state index contributed by atoms with van der Waals surface area (Å²) in [6, 6.07) is 0.879. The van der Waals surface area contributed by atoms with Crippen molar-refractivity contribution in [1.29, 1.82) is 0 Å². The van der Waals surface area contributed by atoms with E-state index in [-0.39, 0.29) is 0 Å². The summed E-state index contributed by atoms with van der Waals surface area (Å²) in [4.78, 5) is 0. The van der Waals surface area contributed by atoms with Crippen molar-refractivity contribution in [2.75, 3.05) is 19.6 Å². The lowest BCUT2D eigenvalue weighted by atomic mass is 10.1. The van der Waals surface area contributed by atoms with E-state index in [9.17, 15) is 0 Å². The van der Waals surface area contributed by atoms with Crippen LogP contribution in [-0.4, -0.2) is 25.7 Å². The minimum Gasteiger partial charge on any atom is -0.316 e. The van der Waals surface area contributed by atoms with E-state index in [1.807, 2.05) is 0 Å². The summed E-state index contributed by atoms with van der Waals surface area (Å²) in [7, 11) is 0. The van der Waals surface area contributed by atoms with E-state index in [1.165, 1.54) is 64.6 Å². The zero-order valence-corrected chi connectivity index (χ0v) is 9.23. The molecule has 0 aliphatic heterocycles. The van der Waals surface area contributed by atoms with E-state index < -0.39 is 0 Å². The summed E-state index contributed by atoms with van der Waals surface area (Å²) in [5.74, 6) is 0.992. The third-order valence-electron chi connectivity index (χ3n) is 3.45. The van der Waals surface area contributed by atoms with Gasteiger partial charge in [-0.3, -0.25) is 0 Å². The number of nitrogens with one attached hydrogen (secondary N) is 2. The number of hydrogen-bond donors (Lipinski definition) is 2. The van der Waals surface area contributed by atoms with Crippen molar-refractivity contribution in [3.05, 3.63) is 0 Å². The van der Waals surface area contributed by atoms with Crippen LogP contribution in [0.2, 0.25) is 0 Å². The maximum atomic E-state index is 3.58. The first kappa shape index (κ1) is 10.4. The lowest BCUT2D eigenvalue weighted by molar-refractivity contribution is 0.480. The van der Waals surface area contributed by atoms with E-state index in [4.69, 9.17) is 0 Å². The fourth-order valence-corrected chi connectivity index (χ4v) is 2.33. The van der Waals surface area contributed by atoms with Crippen LogP contribution in [0.3, 0.4) is 0 Å². The quantitative estimate of drug-likeness (QED) is 0.608. The molecule has 0 radical (unpaired) electrons. The van der Waals surface area contributed by atoms with Gasteiger partial charge in [-0.1, -0.05) is 12.8 Å². The molecule has 2 fully saturated rings. The van der Waals surface area contributed by atoms with Gasteiger partial charge in [0.2, 0.25) is 0 Å². The van der Waals surface area contributed by atoms with Gasteiger partial charge < -0.3 is 10.6 Å². The minimum atomic E-state index is 0.879. The molecule has 0 heterocycles. The zero-order chi connectivity index (χ0) is 9.64. The van der Waals surface area contributed by atoms with Crippen LogP contribution in [-0.2, 0) is 0 Å². The maximum Gasteiger partial charge on any atom is 0.00682 e. The van der Waals surface area contributed by atoms with Gasteiger partial charge in [-0.05, 0) is 57.7 Å². The maximum absolute atomic E-state index is 3.58. The van der Waals surface area contributed by atoms with Crippen molar-refractivity contribution in [1.82, 2.24) is 10.6 Å². The smallest absolute Gasteiger partial charge is 0.00682 e. The highest BCUT2D eigenvalue weighted by atomic mass is 14.9. The fourth-order valence-electron chi connectivity index (χ4n) is 2.33. The normalized spacial score (nSPS) is 23.1. The average Bonchev–Trinajstić information content (AvgIpc) is 2.87. The Balaban J connectivity index is 1.35. The molecule has 2 aliphatic carbocycles. The van der Waals surface area contributed by atoms with Crippen molar-refractivity contribution >= 4 is 0 Å². The van der Waals surface area contributed by atoms with E-state index in [0.29, 0.717) is 0 Å². The van der Waals surface area contributed by atoms with Crippen LogP contribution in [0.5, 0.6) is 0 Å². The highest BCUT2D eigenvalue weighted by Crippen LogP contribution is 2.23. The van der Waals surface area contributed by atoms with E-state index in [0.717, 1.165) is 12.0 Å². The zero-order valence-electron chi connectivity index (χ0n) is 9.23. The summed E-state index contributed by atoms with van der Waals surface area (Å²) >= 11 is 0. The number of hydrogen-bond acceptors (Lipinski definition) is 2. The third-order valence-corrected chi connectivity index (χ3v) is 3.45. The van der Waals surface area contributed by atoms with Gasteiger partial charge in [0.15, 0.2) is 0 Å². The van der Waals surface area contributed by atoms with Crippen LogP contribution >= 0.6 is 0 Å². The first-order valence-corrected chi connectivity index (χ1v) is 6.39. The number of rotatable bonds is 7. The molecule has 0 spiro atoms. The summed E-state index contributed by atoms with van der Waals surface area (Å²) in [6.45, 7) is 3.68. The predicted octanol–water partition coefficient (Wildman–Crippen LogP) is 1.91. The van der Waals surface area contributed by atoms with Crippen LogP contribution < -0.4 is 10.6 Å². The van der Waals surface area contributed by atoms with Gasteiger partial charge in [0, 0.05) is 6.04 Å². The van der Waals surface area contributed by atoms with Gasteiger partial charge >= 0.3 is 0 Å². The predicted molar refractivity (Wildman–Crippen MR) is 60.5 cm³/mol. The van der Waals surface area contributed by atoms with Crippen molar-refractivity contribution in [3.63, 3.8) is 0 Å². The monoisotopic (exact) mass is 196 g/mol. The molecule has 0 aromatic carbocycles. The standard InChI is InChI=1S/C12H24N2/c1-2-5-11(4-1)10-13-8-3-9-14-12-6-7-12/h11-14H,1-10H2. The van der Waals surface area contributed by atoms with Gasteiger partial charge in [0.05, 0.1) is 0 Å². The minimum absolute atomic E-state index is 0.879. The molecule has 0 saturated heterocycles. The Morgan fingerprint density at radius 3 is 2.43 bits per heavy atom. The molecule has 2 rings (SSSR count). The Kier molecular flexibility index (Phi) is 4.26. The van der Waals surface area contributed by atoms with Crippen LogP contribution in [0.15, 0.2) is 0 Å². The summed E-state index contributed by atoms with van der Waals surface area (Å²) < 4.78 is 0. The van der Waals surface area contributed by atoms with Crippen LogP contribution in [0, 0.1) is 5.92 Å². The van der Waals surface area contributed by atoms with Crippen molar-refractivity contribution in [2.24, 2.45) is 5.92 Å². The van der Waals surface area contributed by atoms with Crippen LogP contribution in [0.1, 0.15) is 44.9 Å². The molecular weight excluding hydrogens is 172 g/mol. The Morgan fingerprint density at radius 1 is 0.929 bits per heavy atom. The molecule has 0 amide bonds. The molecule has 2 aliphatic rings. The molecule has 14 heavy (non-hydrogen) atoms. The molecule has 2 N–H and O–H groups in total. The molecule has 0 aromatic heterocycles. The lowest BCUT2D eigenvalue weighted by Crippen LogP contribution is -2.26. The van der Waals surface area contributed by atoms with Gasteiger partial charge in [0.25, 0.3) is 0 Å². The molecule has 82 valence electrons. The van der Waals surface area contributed by atoms with E-state index in [1.54, 1.807) is 0 Å². The van der Waals surface area contributed by atoms with Crippen molar-refractivity contribution in [3.8, 4) is 0 Å². The van der Waals surface area contributed by atoms with Crippen LogP contribution in [0.25, 0.3) is 0 Å². The Bertz CT molecular complexity index is 148. The largest absolute Gasteiger partial charge is 0.316 e. The van der Waals surface area contributed by atoms with Gasteiger partial charge in [-0.2, -0.15) is 0 Å². The van der Waals surface area contributed by atoms with Crippen LogP contribution in [0.4, 0.5) is 0 Å². The Hall–Kier alpha value is -0.0800. The molecule has 0 aromatic rings. The molecule has 2 heteroatoms. The summed E-state index contributed by atoms with van der Waals surface area (Å²) in [5, 5.41) is 7.13. The Morgan fingerprint density at radius 2 is 1.71 bits per heavy atom. The van der Waals surface area contributed by atoms with Gasteiger partial charge in [-0.15, -0.1) is 0 Å². The fraction of sp³-hybridized carbons (Fsp3) is 1.00. The van der Waals surface area contributed by atoms with Crippen molar-refractivity contribution < 1.29 is 0 Å². The molecular formula is C12H24N2. The second kappa shape index (κ2) is 5.72. The average molecular weight is 196 g/mol. The first-order valence-electron chi connectivity index (χ1n) is 6.39. The summed E-state index contributed by atoms with van der Waals surface area (Å²) in [5.41, 5.74) is 0. The molecule has 0 atom stereocenters. The topological polar surface area (TPSA) is 24.1 Å². The lowest BCUT2D eigenvalue weighted by Gasteiger charge is -2.10. The van der Waals surface area contributed by atoms with Crippen molar-refractivity contribution in [2.45, 2.75) is 51.0 Å². The third kappa shape index (κ3) is 3.97. The highest BCUT2D eigenvalue weighted by molar-refractivity contribution is 4.80. The second-order valence-electron chi connectivity index (χ2n) is 4.94. The van der Waals surface area contributed by atoms with E-state index >= 15 is 0 Å². The first-order chi connectivity index (χ1) is 6.95. The SMILES string of the molecule is C(CNCC1CCCC1)CNC1CC1. The molecule has 2 saturated carbocycles. The molecule has 0 bridgehead atoms. The van der Waals surface area contributed by atoms with E-state index in [2.05, 4.69) is 10.6 Å². The Labute approximate surface area is 87.8 Å². The van der Waals surface area contributed by atoms with Gasteiger partial charge in [-0.25, -0.2) is 0 Å². The van der Waals surface area contributed by atoms with Gasteiger partial charge in [0.1, 0.15) is 0 Å². The summed E-state index contributed by atoms with van der Waals surface area (Å²) in [6.07, 6.45) is 9.99.